The van der Waals surface area contributed by atoms with Crippen LogP contribution in [-0.2, 0) is 4.79 Å². The van der Waals surface area contributed by atoms with Crippen LogP contribution < -0.4 is 0 Å². The highest BCUT2D eigenvalue weighted by atomic mass is 16.1. The molecule has 0 N–H and O–H groups in total. The Balaban J connectivity index is 1.69. The molecule has 3 aliphatic rings. The average molecular weight is 235 g/mol. The number of likely N-dealkylation sites (tertiary alicyclic amines) is 1. The van der Waals surface area contributed by atoms with Gasteiger partial charge in [0.2, 0.25) is 0 Å². The van der Waals surface area contributed by atoms with Gasteiger partial charge in [0.15, 0.2) is 0 Å². The van der Waals surface area contributed by atoms with Crippen molar-refractivity contribution in [1.82, 2.24) is 4.90 Å². The molecule has 2 heteroatoms. The van der Waals surface area contributed by atoms with Gasteiger partial charge in [0, 0.05) is 24.4 Å². The Kier molecular flexibility index (Phi) is 3.51. The van der Waals surface area contributed by atoms with Crippen molar-refractivity contribution in [2.75, 3.05) is 6.54 Å². The fourth-order valence-electron chi connectivity index (χ4n) is 4.35. The summed E-state index contributed by atoms with van der Waals surface area (Å²) >= 11 is 0. The summed E-state index contributed by atoms with van der Waals surface area (Å²) in [4.78, 5) is 14.8. The van der Waals surface area contributed by atoms with E-state index in [1.807, 2.05) is 0 Å². The summed E-state index contributed by atoms with van der Waals surface area (Å²) in [6.07, 6.45) is 12.7. The first kappa shape index (κ1) is 11.7. The van der Waals surface area contributed by atoms with Crippen LogP contribution in [0.4, 0.5) is 0 Å². The van der Waals surface area contributed by atoms with Crippen LogP contribution in [0, 0.1) is 5.92 Å². The maximum absolute atomic E-state index is 12.1. The van der Waals surface area contributed by atoms with Crippen LogP contribution in [-0.4, -0.2) is 29.3 Å². The average Bonchev–Trinajstić information content (AvgIpc) is 3.00. The molecule has 2 saturated carbocycles. The summed E-state index contributed by atoms with van der Waals surface area (Å²) in [5.41, 5.74) is 0. The highest BCUT2D eigenvalue weighted by Gasteiger charge is 2.39. The highest BCUT2D eigenvalue weighted by molar-refractivity contribution is 5.82. The second-order valence-electron chi connectivity index (χ2n) is 6.20. The minimum atomic E-state index is 0.395. The monoisotopic (exact) mass is 235 g/mol. The van der Waals surface area contributed by atoms with E-state index in [1.165, 1.54) is 57.9 Å². The van der Waals surface area contributed by atoms with Crippen molar-refractivity contribution in [1.29, 1.82) is 0 Å². The minimum Gasteiger partial charge on any atom is -0.299 e. The van der Waals surface area contributed by atoms with E-state index < -0.39 is 0 Å². The molecule has 0 aromatic carbocycles. The van der Waals surface area contributed by atoms with E-state index in [9.17, 15) is 4.79 Å². The zero-order valence-corrected chi connectivity index (χ0v) is 10.9. The number of hydrogen-bond donors (Lipinski definition) is 0. The van der Waals surface area contributed by atoms with Gasteiger partial charge in [0.1, 0.15) is 5.78 Å². The molecule has 1 saturated heterocycles. The molecule has 0 aromatic rings. The summed E-state index contributed by atoms with van der Waals surface area (Å²) in [7, 11) is 0. The fraction of sp³-hybridized carbons (Fsp3) is 0.933. The van der Waals surface area contributed by atoms with Crippen molar-refractivity contribution >= 4 is 5.78 Å². The summed E-state index contributed by atoms with van der Waals surface area (Å²) in [6.45, 7) is 1.26. The Morgan fingerprint density at radius 2 is 1.65 bits per heavy atom. The van der Waals surface area contributed by atoms with Gasteiger partial charge in [-0.3, -0.25) is 9.69 Å². The van der Waals surface area contributed by atoms with Gasteiger partial charge in [-0.1, -0.05) is 19.3 Å². The molecule has 2 unspecified atom stereocenters. The molecule has 2 atom stereocenters. The van der Waals surface area contributed by atoms with Crippen molar-refractivity contribution in [2.24, 2.45) is 5.92 Å². The lowest BCUT2D eigenvalue weighted by atomic mass is 9.81. The van der Waals surface area contributed by atoms with Gasteiger partial charge in [-0.25, -0.2) is 0 Å². The van der Waals surface area contributed by atoms with Crippen LogP contribution in [0.3, 0.4) is 0 Å². The Morgan fingerprint density at radius 3 is 2.41 bits per heavy atom. The summed E-state index contributed by atoms with van der Waals surface area (Å²) in [6, 6.07) is 1.43. The third kappa shape index (κ3) is 2.29. The van der Waals surface area contributed by atoms with Crippen molar-refractivity contribution < 1.29 is 4.79 Å². The normalized spacial score (nSPS) is 36.8. The molecule has 1 aliphatic heterocycles. The molecule has 2 aliphatic carbocycles. The predicted molar refractivity (Wildman–Crippen MR) is 68.9 cm³/mol. The number of rotatable bonds is 2. The summed E-state index contributed by atoms with van der Waals surface area (Å²) in [5.74, 6) is 0.970. The van der Waals surface area contributed by atoms with Crippen LogP contribution in [0.15, 0.2) is 0 Å². The van der Waals surface area contributed by atoms with Crippen LogP contribution >= 0.6 is 0 Å². The van der Waals surface area contributed by atoms with E-state index in [0.29, 0.717) is 17.7 Å². The molecule has 0 spiro atoms. The number of ketones is 1. The fourth-order valence-corrected chi connectivity index (χ4v) is 4.35. The summed E-state index contributed by atoms with van der Waals surface area (Å²) in [5, 5.41) is 0. The van der Waals surface area contributed by atoms with Crippen molar-refractivity contribution in [3.05, 3.63) is 0 Å². The van der Waals surface area contributed by atoms with Gasteiger partial charge < -0.3 is 0 Å². The Labute approximate surface area is 105 Å². The van der Waals surface area contributed by atoms with Gasteiger partial charge in [-0.15, -0.1) is 0 Å². The van der Waals surface area contributed by atoms with Gasteiger partial charge in [-0.05, 0) is 45.1 Å². The van der Waals surface area contributed by atoms with E-state index >= 15 is 0 Å². The van der Waals surface area contributed by atoms with Crippen LogP contribution in [0.1, 0.15) is 64.2 Å². The quantitative estimate of drug-likeness (QED) is 0.733. The van der Waals surface area contributed by atoms with Crippen LogP contribution in [0.5, 0.6) is 0 Å². The standard InChI is InChI=1S/C15H25NO/c17-15-10-4-3-8-13(15)14-9-5-11-16(14)12-6-1-2-7-12/h12-14H,1-11H2. The third-order valence-corrected chi connectivity index (χ3v) is 5.20. The van der Waals surface area contributed by atoms with Gasteiger partial charge in [-0.2, -0.15) is 0 Å². The van der Waals surface area contributed by atoms with Gasteiger partial charge in [0.05, 0.1) is 0 Å². The largest absolute Gasteiger partial charge is 0.299 e. The van der Waals surface area contributed by atoms with Crippen LogP contribution in [0.25, 0.3) is 0 Å². The van der Waals surface area contributed by atoms with Crippen molar-refractivity contribution in [3.63, 3.8) is 0 Å². The molecular formula is C15H25NO. The molecule has 3 fully saturated rings. The van der Waals surface area contributed by atoms with E-state index in [4.69, 9.17) is 0 Å². The topological polar surface area (TPSA) is 20.3 Å². The zero-order chi connectivity index (χ0) is 11.7. The van der Waals surface area contributed by atoms with Crippen LogP contribution in [0.2, 0.25) is 0 Å². The molecule has 0 amide bonds. The Morgan fingerprint density at radius 1 is 0.882 bits per heavy atom. The van der Waals surface area contributed by atoms with Crippen molar-refractivity contribution in [3.8, 4) is 0 Å². The second kappa shape index (κ2) is 5.09. The van der Waals surface area contributed by atoms with E-state index in [2.05, 4.69) is 4.90 Å². The first-order valence-electron chi connectivity index (χ1n) is 7.65. The first-order chi connectivity index (χ1) is 8.36. The molecule has 17 heavy (non-hydrogen) atoms. The number of nitrogens with zero attached hydrogens (tertiary/aromatic N) is 1. The number of carbonyl (C=O) groups excluding carboxylic acids is 1. The lowest BCUT2D eigenvalue weighted by molar-refractivity contribution is -0.127. The highest BCUT2D eigenvalue weighted by Crippen LogP contribution is 2.36. The minimum absolute atomic E-state index is 0.395. The maximum Gasteiger partial charge on any atom is 0.137 e. The summed E-state index contributed by atoms with van der Waals surface area (Å²) < 4.78 is 0. The lowest BCUT2D eigenvalue weighted by Crippen LogP contribution is -2.44. The molecule has 3 rings (SSSR count). The molecule has 96 valence electrons. The smallest absolute Gasteiger partial charge is 0.137 e. The predicted octanol–water partition coefficient (Wildman–Crippen LogP) is 3.15. The van der Waals surface area contributed by atoms with E-state index in [-0.39, 0.29) is 0 Å². The zero-order valence-electron chi connectivity index (χ0n) is 10.9. The number of Topliss-reactive ketones (excluding diaryl/α,β-unsaturated/α-hetero) is 1. The number of hydrogen-bond acceptors (Lipinski definition) is 2. The Hall–Kier alpha value is -0.370. The van der Waals surface area contributed by atoms with Gasteiger partial charge >= 0.3 is 0 Å². The van der Waals surface area contributed by atoms with Crippen molar-refractivity contribution in [2.45, 2.75) is 76.3 Å². The van der Waals surface area contributed by atoms with E-state index in [1.54, 1.807) is 0 Å². The molecule has 1 heterocycles. The van der Waals surface area contributed by atoms with E-state index in [0.717, 1.165) is 18.9 Å². The molecule has 2 nitrogen and oxygen atoms in total. The molecule has 0 bridgehead atoms. The first-order valence-corrected chi connectivity index (χ1v) is 7.65. The third-order valence-electron chi connectivity index (χ3n) is 5.20. The molecule has 0 aromatic heterocycles. The number of carbonyl (C=O) groups is 1. The molecule has 0 radical (unpaired) electrons. The van der Waals surface area contributed by atoms with Gasteiger partial charge in [0.25, 0.3) is 0 Å². The Bertz CT molecular complexity index is 283. The SMILES string of the molecule is O=C1CCCCC1C1CCCN1C1CCCC1. The lowest BCUT2D eigenvalue weighted by Gasteiger charge is -2.36. The second-order valence-corrected chi connectivity index (χ2v) is 6.20. The maximum atomic E-state index is 12.1. The molecular weight excluding hydrogens is 210 g/mol.